The first-order valence-electron chi connectivity index (χ1n) is 3.27. The second-order valence-corrected chi connectivity index (χ2v) is 2.70. The van der Waals surface area contributed by atoms with E-state index in [2.05, 4.69) is 9.39 Å². The molecule has 1 aromatic rings. The molecule has 5 heteroatoms. The van der Waals surface area contributed by atoms with Crippen LogP contribution >= 0.6 is 9.39 Å². The largest absolute Gasteiger partial charge is 0.511 e. The van der Waals surface area contributed by atoms with Crippen molar-refractivity contribution >= 4 is 22.1 Å². The van der Waals surface area contributed by atoms with E-state index in [0.29, 0.717) is 0 Å². The highest BCUT2D eigenvalue weighted by molar-refractivity contribution is 7.15. The fourth-order valence-corrected chi connectivity index (χ4v) is 1.25. The van der Waals surface area contributed by atoms with E-state index in [1.807, 2.05) is 22.7 Å². The molecule has 1 heterocycles. The normalized spacial score (nSPS) is 10.1. The molecular weight excluding hydrogens is 160 g/mol. The van der Waals surface area contributed by atoms with Crippen LogP contribution in [0.5, 0.6) is 0 Å². The van der Waals surface area contributed by atoms with E-state index in [1.165, 1.54) is 0 Å². The minimum absolute atomic E-state index is 0.275. The Labute approximate surface area is 69.1 Å². The monoisotopic (exact) mass is 171 g/mol. The van der Waals surface area contributed by atoms with Gasteiger partial charge in [0.2, 0.25) is 0 Å². The summed E-state index contributed by atoms with van der Waals surface area (Å²) in [5, 5.41) is 0. The van der Waals surface area contributed by atoms with Crippen LogP contribution in [0.1, 0.15) is 0 Å². The van der Waals surface area contributed by atoms with E-state index >= 15 is 0 Å². The highest BCUT2D eigenvalue weighted by Crippen LogP contribution is 1.96. The Bertz CT molecular complexity index is 224. The van der Waals surface area contributed by atoms with Crippen molar-refractivity contribution in [2.24, 2.45) is 0 Å². The lowest BCUT2D eigenvalue weighted by molar-refractivity contribution is 0.291. The summed E-state index contributed by atoms with van der Waals surface area (Å²) in [6.45, 7) is 0. The summed E-state index contributed by atoms with van der Waals surface area (Å²) in [5.74, 6) is 0. The molecule has 0 aromatic carbocycles. The van der Waals surface area contributed by atoms with Crippen LogP contribution in [-0.2, 0) is 9.31 Å². The fourth-order valence-electron chi connectivity index (χ4n) is 0.944. The van der Waals surface area contributed by atoms with Crippen LogP contribution in [0.15, 0.2) is 18.3 Å². The minimum atomic E-state index is -0.275. The van der Waals surface area contributed by atoms with Crippen molar-refractivity contribution in [2.45, 2.75) is 0 Å². The fraction of sp³-hybridized carbons (Fsp3) is 0.333. The maximum Gasteiger partial charge on any atom is 0.511 e. The molecule has 60 valence electrons. The SMILES string of the molecule is COB(OC)c1cccn1P. The van der Waals surface area contributed by atoms with E-state index in [4.69, 9.17) is 9.31 Å². The lowest BCUT2D eigenvalue weighted by Gasteiger charge is -2.08. The van der Waals surface area contributed by atoms with E-state index in [-0.39, 0.29) is 7.12 Å². The van der Waals surface area contributed by atoms with Crippen LogP contribution in [-0.4, -0.2) is 25.7 Å². The van der Waals surface area contributed by atoms with Gasteiger partial charge in [0.1, 0.15) is 0 Å². The Morgan fingerprint density at radius 3 is 2.45 bits per heavy atom. The van der Waals surface area contributed by atoms with Gasteiger partial charge in [0.05, 0.1) is 5.59 Å². The molecule has 0 aliphatic carbocycles. The highest BCUT2D eigenvalue weighted by atomic mass is 31.0. The summed E-state index contributed by atoms with van der Waals surface area (Å²) in [4.78, 5) is 0. The molecule has 0 aliphatic heterocycles. The van der Waals surface area contributed by atoms with E-state index in [0.717, 1.165) is 5.59 Å². The van der Waals surface area contributed by atoms with Crippen LogP contribution in [0, 0.1) is 0 Å². The molecule has 3 nitrogen and oxygen atoms in total. The molecule has 0 radical (unpaired) electrons. The standard InChI is InChI=1S/C6H11BNO2P/c1-9-7(10-2)6-4-3-5-8(6)11/h3-5H,11H2,1-2H3. The van der Waals surface area contributed by atoms with Crippen molar-refractivity contribution in [1.82, 2.24) is 4.34 Å². The van der Waals surface area contributed by atoms with Crippen LogP contribution in [0.25, 0.3) is 0 Å². The number of aromatic nitrogens is 1. The molecule has 0 N–H and O–H groups in total. The van der Waals surface area contributed by atoms with Gasteiger partial charge in [-0.25, -0.2) is 0 Å². The molecule has 0 saturated heterocycles. The van der Waals surface area contributed by atoms with Gasteiger partial charge in [-0.2, -0.15) is 0 Å². The average Bonchev–Trinajstić information content (AvgIpc) is 2.40. The number of hydrogen-bond donors (Lipinski definition) is 0. The zero-order valence-electron chi connectivity index (χ0n) is 6.65. The Hall–Kier alpha value is -0.305. The molecule has 11 heavy (non-hydrogen) atoms. The highest BCUT2D eigenvalue weighted by Gasteiger charge is 2.20. The molecule has 0 amide bonds. The second kappa shape index (κ2) is 3.91. The molecule has 0 fully saturated rings. The molecule has 1 unspecified atom stereocenters. The first kappa shape index (κ1) is 8.79. The Morgan fingerprint density at radius 1 is 1.45 bits per heavy atom. The quantitative estimate of drug-likeness (QED) is 0.476. The summed E-state index contributed by atoms with van der Waals surface area (Å²) in [6.07, 6.45) is 1.92. The van der Waals surface area contributed by atoms with Gasteiger partial charge in [-0.3, -0.25) is 0 Å². The van der Waals surface area contributed by atoms with Crippen molar-refractivity contribution in [3.63, 3.8) is 0 Å². The van der Waals surface area contributed by atoms with Gasteiger partial charge < -0.3 is 13.6 Å². The van der Waals surface area contributed by atoms with Gasteiger partial charge in [-0.05, 0) is 21.5 Å². The van der Waals surface area contributed by atoms with Crippen molar-refractivity contribution in [3.05, 3.63) is 18.3 Å². The molecule has 0 spiro atoms. The first-order chi connectivity index (χ1) is 5.29. The summed E-state index contributed by atoms with van der Waals surface area (Å²) in [7, 11) is 5.52. The topological polar surface area (TPSA) is 23.4 Å². The number of nitrogens with zero attached hydrogens (tertiary/aromatic N) is 1. The lowest BCUT2D eigenvalue weighted by Crippen LogP contribution is -2.37. The van der Waals surface area contributed by atoms with Gasteiger partial charge in [0.25, 0.3) is 0 Å². The van der Waals surface area contributed by atoms with Crippen molar-refractivity contribution in [3.8, 4) is 0 Å². The molecule has 1 atom stereocenters. The molecule has 0 aliphatic rings. The van der Waals surface area contributed by atoms with E-state index < -0.39 is 0 Å². The maximum absolute atomic E-state index is 5.07. The van der Waals surface area contributed by atoms with E-state index in [9.17, 15) is 0 Å². The van der Waals surface area contributed by atoms with Gasteiger partial charge in [-0.1, -0.05) is 0 Å². The molecule has 0 saturated carbocycles. The summed E-state index contributed by atoms with van der Waals surface area (Å²) in [5.41, 5.74) is 0.986. The van der Waals surface area contributed by atoms with Crippen molar-refractivity contribution in [1.29, 1.82) is 0 Å². The van der Waals surface area contributed by atoms with Crippen molar-refractivity contribution < 1.29 is 9.31 Å². The predicted octanol–water partition coefficient (Wildman–Crippen LogP) is 0.114. The maximum atomic E-state index is 5.07. The summed E-state index contributed by atoms with van der Waals surface area (Å²) < 4.78 is 12.0. The Kier molecular flexibility index (Phi) is 3.12. The summed E-state index contributed by atoms with van der Waals surface area (Å²) in [6, 6.07) is 3.89. The van der Waals surface area contributed by atoms with Gasteiger partial charge in [-0.15, -0.1) is 0 Å². The summed E-state index contributed by atoms with van der Waals surface area (Å²) >= 11 is 0. The molecule has 1 aromatic heterocycles. The Balaban J connectivity index is 2.81. The Morgan fingerprint density at radius 2 is 2.09 bits per heavy atom. The first-order valence-corrected chi connectivity index (χ1v) is 3.79. The van der Waals surface area contributed by atoms with Crippen LogP contribution in [0.2, 0.25) is 0 Å². The van der Waals surface area contributed by atoms with Gasteiger partial charge in [0.15, 0.2) is 0 Å². The van der Waals surface area contributed by atoms with Crippen molar-refractivity contribution in [2.75, 3.05) is 14.2 Å². The van der Waals surface area contributed by atoms with Crippen LogP contribution in [0.4, 0.5) is 0 Å². The number of hydrogen-bond acceptors (Lipinski definition) is 2. The average molecular weight is 171 g/mol. The zero-order chi connectivity index (χ0) is 8.27. The second-order valence-electron chi connectivity index (χ2n) is 2.14. The molecule has 1 rings (SSSR count). The number of rotatable bonds is 3. The zero-order valence-corrected chi connectivity index (χ0v) is 7.81. The van der Waals surface area contributed by atoms with Crippen LogP contribution in [0.3, 0.4) is 0 Å². The van der Waals surface area contributed by atoms with Gasteiger partial charge in [0, 0.05) is 20.4 Å². The lowest BCUT2D eigenvalue weighted by atomic mass is 9.85. The smallest absolute Gasteiger partial charge is 0.409 e. The minimum Gasteiger partial charge on any atom is -0.409 e. The predicted molar refractivity (Wildman–Crippen MR) is 48.9 cm³/mol. The molecular formula is C6H11BNO2P. The third-order valence-electron chi connectivity index (χ3n) is 1.48. The van der Waals surface area contributed by atoms with Gasteiger partial charge >= 0.3 is 7.12 Å². The third-order valence-corrected chi connectivity index (χ3v) is 1.95. The van der Waals surface area contributed by atoms with E-state index in [1.54, 1.807) is 14.2 Å². The third kappa shape index (κ3) is 1.83. The van der Waals surface area contributed by atoms with Crippen LogP contribution < -0.4 is 5.59 Å². The molecule has 0 bridgehead atoms.